The number of unbranched alkanes of at least 4 members (excludes halogenated alkanes) is 2. The van der Waals surface area contributed by atoms with Crippen molar-refractivity contribution in [2.45, 2.75) is 25.7 Å². The monoisotopic (exact) mass is 173 g/mol. The summed E-state index contributed by atoms with van der Waals surface area (Å²) < 4.78 is 0. The Morgan fingerprint density at radius 2 is 1.50 bits per heavy atom. The van der Waals surface area contributed by atoms with Gasteiger partial charge < -0.3 is 16.4 Å². The van der Waals surface area contributed by atoms with E-state index in [0.29, 0.717) is 0 Å². The molecule has 0 bridgehead atoms. The first kappa shape index (κ1) is 11.9. The summed E-state index contributed by atoms with van der Waals surface area (Å²) in [7, 11) is 1.99. The van der Waals surface area contributed by atoms with Crippen molar-refractivity contribution < 1.29 is 0 Å². The first-order valence-corrected chi connectivity index (χ1v) is 4.97. The maximum absolute atomic E-state index is 5.37. The summed E-state index contributed by atoms with van der Waals surface area (Å²) in [6.45, 7) is 4.22. The highest BCUT2D eigenvalue weighted by atomic mass is 14.8. The van der Waals surface area contributed by atoms with Gasteiger partial charge in [-0.05, 0) is 58.9 Å². The molecule has 0 aromatic heterocycles. The molecule has 0 radical (unpaired) electrons. The summed E-state index contributed by atoms with van der Waals surface area (Å²) in [4.78, 5) is 0. The molecule has 0 amide bonds. The summed E-state index contributed by atoms with van der Waals surface area (Å²) in [5.41, 5.74) is 5.37. The molecule has 0 aromatic rings. The fourth-order valence-electron chi connectivity index (χ4n) is 1.07. The summed E-state index contributed by atoms with van der Waals surface area (Å²) in [6, 6.07) is 0. The second-order valence-electron chi connectivity index (χ2n) is 3.06. The summed E-state index contributed by atoms with van der Waals surface area (Å²) >= 11 is 0. The van der Waals surface area contributed by atoms with Gasteiger partial charge in [0, 0.05) is 0 Å². The molecule has 0 saturated heterocycles. The van der Waals surface area contributed by atoms with Crippen LogP contribution in [0.4, 0.5) is 0 Å². The zero-order valence-electron chi connectivity index (χ0n) is 8.23. The van der Waals surface area contributed by atoms with Crippen LogP contribution in [0.3, 0.4) is 0 Å². The SMILES string of the molecule is CNCCCCNCCCCN. The quantitative estimate of drug-likeness (QED) is 0.440. The van der Waals surface area contributed by atoms with E-state index in [-0.39, 0.29) is 0 Å². The number of nitrogens with two attached hydrogens (primary N) is 1. The van der Waals surface area contributed by atoms with E-state index in [0.717, 1.165) is 32.6 Å². The standard InChI is InChI=1S/C9H23N3/c1-11-7-4-5-9-12-8-3-2-6-10/h11-12H,2-10H2,1H3. The molecule has 74 valence electrons. The largest absolute Gasteiger partial charge is 0.330 e. The van der Waals surface area contributed by atoms with Gasteiger partial charge in [-0.15, -0.1) is 0 Å². The van der Waals surface area contributed by atoms with Crippen molar-refractivity contribution in [1.82, 2.24) is 10.6 Å². The van der Waals surface area contributed by atoms with Crippen molar-refractivity contribution in [3.63, 3.8) is 0 Å². The molecule has 0 saturated carbocycles. The van der Waals surface area contributed by atoms with Crippen LogP contribution in [0, 0.1) is 0 Å². The molecule has 0 unspecified atom stereocenters. The van der Waals surface area contributed by atoms with Gasteiger partial charge in [0.25, 0.3) is 0 Å². The Labute approximate surface area is 76.1 Å². The zero-order valence-corrected chi connectivity index (χ0v) is 8.23. The summed E-state index contributed by atoms with van der Waals surface area (Å²) in [6.07, 6.45) is 4.88. The molecule has 4 N–H and O–H groups in total. The van der Waals surface area contributed by atoms with Crippen LogP contribution in [0.15, 0.2) is 0 Å². The highest BCUT2D eigenvalue weighted by Crippen LogP contribution is 1.86. The number of hydrogen-bond donors (Lipinski definition) is 3. The maximum atomic E-state index is 5.37. The Bertz CT molecular complexity index is 66.2. The van der Waals surface area contributed by atoms with Gasteiger partial charge in [-0.25, -0.2) is 0 Å². The second kappa shape index (κ2) is 10.9. The molecular formula is C9H23N3. The van der Waals surface area contributed by atoms with Crippen molar-refractivity contribution in [2.75, 3.05) is 33.2 Å². The third-order valence-corrected chi connectivity index (χ3v) is 1.84. The topological polar surface area (TPSA) is 50.1 Å². The molecule has 0 aliphatic carbocycles. The Balaban J connectivity index is 2.73. The van der Waals surface area contributed by atoms with Crippen molar-refractivity contribution >= 4 is 0 Å². The molecule has 0 aromatic carbocycles. The van der Waals surface area contributed by atoms with Gasteiger partial charge in [-0.2, -0.15) is 0 Å². The highest BCUT2D eigenvalue weighted by Gasteiger charge is 1.88. The fourth-order valence-corrected chi connectivity index (χ4v) is 1.07. The Morgan fingerprint density at radius 3 is 2.08 bits per heavy atom. The van der Waals surface area contributed by atoms with Crippen LogP contribution in [0.5, 0.6) is 0 Å². The van der Waals surface area contributed by atoms with Gasteiger partial charge in [0.05, 0.1) is 0 Å². The van der Waals surface area contributed by atoms with Crippen LogP contribution in [-0.4, -0.2) is 33.2 Å². The molecule has 0 spiro atoms. The van der Waals surface area contributed by atoms with E-state index < -0.39 is 0 Å². The Morgan fingerprint density at radius 1 is 0.917 bits per heavy atom. The lowest BCUT2D eigenvalue weighted by Crippen LogP contribution is -2.19. The van der Waals surface area contributed by atoms with Gasteiger partial charge in [-0.1, -0.05) is 0 Å². The Hall–Kier alpha value is -0.120. The second-order valence-corrected chi connectivity index (χ2v) is 3.06. The lowest BCUT2D eigenvalue weighted by atomic mass is 10.3. The van der Waals surface area contributed by atoms with E-state index >= 15 is 0 Å². The third kappa shape index (κ3) is 9.88. The van der Waals surface area contributed by atoms with Crippen molar-refractivity contribution in [3.05, 3.63) is 0 Å². The zero-order chi connectivity index (χ0) is 9.07. The minimum atomic E-state index is 0.821. The van der Waals surface area contributed by atoms with Gasteiger partial charge in [-0.3, -0.25) is 0 Å². The molecule has 3 heteroatoms. The fraction of sp³-hybridized carbons (Fsp3) is 1.00. The first-order valence-electron chi connectivity index (χ1n) is 4.97. The van der Waals surface area contributed by atoms with E-state index in [2.05, 4.69) is 10.6 Å². The van der Waals surface area contributed by atoms with E-state index in [1.54, 1.807) is 0 Å². The van der Waals surface area contributed by atoms with Crippen LogP contribution < -0.4 is 16.4 Å². The van der Waals surface area contributed by atoms with Crippen LogP contribution in [0.1, 0.15) is 25.7 Å². The Kier molecular flexibility index (Phi) is 10.8. The lowest BCUT2D eigenvalue weighted by Gasteiger charge is -2.03. The molecule has 0 heterocycles. The van der Waals surface area contributed by atoms with Crippen molar-refractivity contribution in [1.29, 1.82) is 0 Å². The van der Waals surface area contributed by atoms with Crippen LogP contribution in [0.25, 0.3) is 0 Å². The summed E-state index contributed by atoms with van der Waals surface area (Å²) in [5.74, 6) is 0. The van der Waals surface area contributed by atoms with Gasteiger partial charge >= 0.3 is 0 Å². The highest BCUT2D eigenvalue weighted by molar-refractivity contribution is 4.50. The molecule has 12 heavy (non-hydrogen) atoms. The molecule has 0 atom stereocenters. The number of nitrogens with one attached hydrogen (secondary N) is 2. The smallest absolute Gasteiger partial charge is 0.00484 e. The van der Waals surface area contributed by atoms with E-state index in [1.807, 2.05) is 7.05 Å². The normalized spacial score (nSPS) is 10.5. The van der Waals surface area contributed by atoms with E-state index in [1.165, 1.54) is 19.3 Å². The average molecular weight is 173 g/mol. The van der Waals surface area contributed by atoms with Crippen LogP contribution in [-0.2, 0) is 0 Å². The van der Waals surface area contributed by atoms with E-state index in [9.17, 15) is 0 Å². The molecule has 0 fully saturated rings. The van der Waals surface area contributed by atoms with E-state index in [4.69, 9.17) is 5.73 Å². The van der Waals surface area contributed by atoms with Gasteiger partial charge in [0.2, 0.25) is 0 Å². The number of hydrogen-bond acceptors (Lipinski definition) is 3. The van der Waals surface area contributed by atoms with Crippen LogP contribution in [0.2, 0.25) is 0 Å². The average Bonchev–Trinajstić information content (AvgIpc) is 2.10. The molecular weight excluding hydrogens is 150 g/mol. The first-order chi connectivity index (χ1) is 5.91. The molecule has 0 aliphatic heterocycles. The predicted octanol–water partition coefficient (Wildman–Crippen LogP) is 0.315. The van der Waals surface area contributed by atoms with Crippen molar-refractivity contribution in [2.24, 2.45) is 5.73 Å². The molecule has 0 aliphatic rings. The summed E-state index contributed by atoms with van der Waals surface area (Å²) in [5, 5.41) is 6.53. The lowest BCUT2D eigenvalue weighted by molar-refractivity contribution is 0.582. The number of rotatable bonds is 9. The molecule has 0 rings (SSSR count). The van der Waals surface area contributed by atoms with Gasteiger partial charge in [0.1, 0.15) is 0 Å². The minimum Gasteiger partial charge on any atom is -0.330 e. The minimum absolute atomic E-state index is 0.821. The van der Waals surface area contributed by atoms with Crippen LogP contribution >= 0.6 is 0 Å². The maximum Gasteiger partial charge on any atom is -0.00484 e. The third-order valence-electron chi connectivity index (χ3n) is 1.84. The molecule has 3 nitrogen and oxygen atoms in total. The van der Waals surface area contributed by atoms with Gasteiger partial charge in [0.15, 0.2) is 0 Å². The van der Waals surface area contributed by atoms with Crippen molar-refractivity contribution in [3.8, 4) is 0 Å². The predicted molar refractivity (Wildman–Crippen MR) is 54.3 cm³/mol.